The number of nitrogens with zero attached hydrogens (tertiary/aromatic N) is 3. The van der Waals surface area contributed by atoms with Crippen molar-refractivity contribution < 1.29 is 19.3 Å². The van der Waals surface area contributed by atoms with Gasteiger partial charge in [0.2, 0.25) is 0 Å². The number of ether oxygens (including phenoxy) is 1. The Morgan fingerprint density at radius 2 is 2.24 bits per heavy atom. The van der Waals surface area contributed by atoms with E-state index in [4.69, 9.17) is 16.2 Å². The third-order valence-electron chi connectivity index (χ3n) is 3.76. The number of rotatable bonds is 2. The standard InChI is InChI=1S/C12H16FN5O3/c1-12(4-19)10(20)8(13)9(21-12)6-3-16-11-5(14)2-7(15)17-18(6)11/h2-3,8-10,19-20H,4,14H2,1H3,(H2,15,17)/t8-,9-,10-,12+/m0/s1. The van der Waals surface area contributed by atoms with Gasteiger partial charge in [0.15, 0.2) is 11.8 Å². The summed E-state index contributed by atoms with van der Waals surface area (Å²) in [6.07, 6.45) is -2.95. The molecule has 0 aliphatic carbocycles. The first kappa shape index (κ1) is 14.0. The molecule has 0 radical (unpaired) electrons. The topological polar surface area (TPSA) is 132 Å². The van der Waals surface area contributed by atoms with Crippen LogP contribution < -0.4 is 11.5 Å². The summed E-state index contributed by atoms with van der Waals surface area (Å²) in [5.74, 6) is 0.151. The zero-order chi connectivity index (χ0) is 15.4. The summed E-state index contributed by atoms with van der Waals surface area (Å²) >= 11 is 0. The minimum Gasteiger partial charge on any atom is -0.396 e. The number of imidazole rings is 1. The molecule has 1 aliphatic rings. The highest BCUT2D eigenvalue weighted by atomic mass is 19.1. The number of aliphatic hydroxyl groups excluding tert-OH is 2. The highest BCUT2D eigenvalue weighted by molar-refractivity contribution is 5.67. The lowest BCUT2D eigenvalue weighted by atomic mass is 9.98. The fraction of sp³-hybridized carbons (Fsp3) is 0.500. The van der Waals surface area contributed by atoms with Crippen LogP contribution in [0.2, 0.25) is 0 Å². The molecule has 2 aromatic rings. The van der Waals surface area contributed by atoms with Crippen LogP contribution in [0.15, 0.2) is 12.3 Å². The Hall–Kier alpha value is -1.97. The lowest BCUT2D eigenvalue weighted by Crippen LogP contribution is -2.42. The van der Waals surface area contributed by atoms with Crippen molar-refractivity contribution in [1.29, 1.82) is 0 Å². The average molecular weight is 297 g/mol. The molecule has 1 saturated heterocycles. The molecule has 3 rings (SSSR count). The van der Waals surface area contributed by atoms with Crippen molar-refractivity contribution in [2.75, 3.05) is 18.1 Å². The van der Waals surface area contributed by atoms with Gasteiger partial charge >= 0.3 is 0 Å². The third-order valence-corrected chi connectivity index (χ3v) is 3.76. The summed E-state index contributed by atoms with van der Waals surface area (Å²) < 4.78 is 21.1. The number of hydrogen-bond donors (Lipinski definition) is 4. The molecular formula is C12H16FN5O3. The van der Waals surface area contributed by atoms with Crippen molar-refractivity contribution in [2.45, 2.75) is 30.9 Å². The van der Waals surface area contributed by atoms with E-state index in [1.54, 1.807) is 0 Å². The van der Waals surface area contributed by atoms with Gasteiger partial charge in [0.25, 0.3) is 0 Å². The lowest BCUT2D eigenvalue weighted by Gasteiger charge is -2.24. The molecule has 0 unspecified atom stereocenters. The van der Waals surface area contributed by atoms with Gasteiger partial charge < -0.3 is 26.4 Å². The van der Waals surface area contributed by atoms with Gasteiger partial charge in [0.1, 0.15) is 23.6 Å². The van der Waals surface area contributed by atoms with Crippen LogP contribution in [0, 0.1) is 0 Å². The van der Waals surface area contributed by atoms with E-state index in [9.17, 15) is 14.6 Å². The highest BCUT2D eigenvalue weighted by Gasteiger charge is 2.53. The van der Waals surface area contributed by atoms with Crippen LogP contribution in [0.25, 0.3) is 5.65 Å². The molecule has 4 atom stereocenters. The van der Waals surface area contributed by atoms with Gasteiger partial charge in [-0.1, -0.05) is 0 Å². The Kier molecular flexibility index (Phi) is 3.01. The average Bonchev–Trinajstić information content (AvgIpc) is 2.95. The van der Waals surface area contributed by atoms with Crippen LogP contribution in [0.5, 0.6) is 0 Å². The first-order valence-corrected chi connectivity index (χ1v) is 6.38. The van der Waals surface area contributed by atoms with Crippen molar-refractivity contribution >= 4 is 17.2 Å². The number of nitrogen functional groups attached to an aromatic ring is 2. The van der Waals surface area contributed by atoms with E-state index < -0.39 is 30.6 Å². The molecular weight excluding hydrogens is 281 g/mol. The summed E-state index contributed by atoms with van der Waals surface area (Å²) in [5, 5.41) is 23.2. The number of aliphatic hydroxyl groups is 2. The normalized spacial score (nSPS) is 32.9. The molecule has 0 bridgehead atoms. The molecule has 21 heavy (non-hydrogen) atoms. The maximum atomic E-state index is 14.3. The van der Waals surface area contributed by atoms with Crippen LogP contribution in [0.1, 0.15) is 18.7 Å². The Morgan fingerprint density at radius 3 is 2.86 bits per heavy atom. The van der Waals surface area contributed by atoms with Gasteiger partial charge in [-0.05, 0) is 6.92 Å². The first-order chi connectivity index (χ1) is 9.87. The molecule has 1 aliphatic heterocycles. The van der Waals surface area contributed by atoms with E-state index in [0.29, 0.717) is 11.3 Å². The van der Waals surface area contributed by atoms with Gasteiger partial charge in [-0.15, -0.1) is 5.10 Å². The number of halogens is 1. The molecule has 0 saturated carbocycles. The van der Waals surface area contributed by atoms with E-state index in [1.165, 1.54) is 23.7 Å². The number of nitrogens with two attached hydrogens (primary N) is 2. The van der Waals surface area contributed by atoms with E-state index in [-0.39, 0.29) is 11.5 Å². The van der Waals surface area contributed by atoms with Crippen LogP contribution in [-0.2, 0) is 4.74 Å². The molecule has 0 spiro atoms. The van der Waals surface area contributed by atoms with Gasteiger partial charge in [-0.25, -0.2) is 13.9 Å². The van der Waals surface area contributed by atoms with E-state index >= 15 is 0 Å². The number of aromatic nitrogens is 3. The Morgan fingerprint density at radius 1 is 1.52 bits per heavy atom. The Labute approximate surface area is 119 Å². The number of fused-ring (bicyclic) bond motifs is 1. The van der Waals surface area contributed by atoms with Crippen molar-refractivity contribution in [3.8, 4) is 0 Å². The maximum Gasteiger partial charge on any atom is 0.177 e. The van der Waals surface area contributed by atoms with Crippen molar-refractivity contribution in [2.24, 2.45) is 0 Å². The Balaban J connectivity index is 2.10. The van der Waals surface area contributed by atoms with Crippen molar-refractivity contribution in [1.82, 2.24) is 14.6 Å². The molecule has 3 heterocycles. The van der Waals surface area contributed by atoms with E-state index in [2.05, 4.69) is 10.1 Å². The largest absolute Gasteiger partial charge is 0.396 e. The summed E-state index contributed by atoms with van der Waals surface area (Å²) in [7, 11) is 0. The van der Waals surface area contributed by atoms with Gasteiger partial charge in [-0.3, -0.25) is 0 Å². The highest BCUT2D eigenvalue weighted by Crippen LogP contribution is 2.41. The van der Waals surface area contributed by atoms with Crippen molar-refractivity contribution in [3.05, 3.63) is 18.0 Å². The second-order valence-electron chi connectivity index (χ2n) is 5.34. The quantitative estimate of drug-likeness (QED) is 0.582. The first-order valence-electron chi connectivity index (χ1n) is 6.38. The molecule has 0 aromatic carbocycles. The summed E-state index contributed by atoms with van der Waals surface area (Å²) in [6, 6.07) is 1.45. The second-order valence-corrected chi connectivity index (χ2v) is 5.34. The molecule has 0 amide bonds. The molecule has 6 N–H and O–H groups in total. The summed E-state index contributed by atoms with van der Waals surface area (Å²) in [4.78, 5) is 4.07. The zero-order valence-electron chi connectivity index (χ0n) is 11.3. The predicted molar refractivity (Wildman–Crippen MR) is 72.0 cm³/mol. The fourth-order valence-electron chi connectivity index (χ4n) is 2.50. The monoisotopic (exact) mass is 297 g/mol. The molecule has 8 nitrogen and oxygen atoms in total. The number of hydrogen-bond acceptors (Lipinski definition) is 7. The van der Waals surface area contributed by atoms with Gasteiger partial charge in [0.05, 0.1) is 24.2 Å². The SMILES string of the molecule is C[C@]1(CO)O[C@@H](c2cnc3c(N)cc(N)nn23)[C@H](F)[C@@H]1O. The summed E-state index contributed by atoms with van der Waals surface area (Å²) in [6.45, 7) is 0.920. The smallest absolute Gasteiger partial charge is 0.177 e. The number of anilines is 2. The van der Waals surface area contributed by atoms with Gasteiger partial charge in [-0.2, -0.15) is 0 Å². The number of alkyl halides is 1. The molecule has 1 fully saturated rings. The zero-order valence-corrected chi connectivity index (χ0v) is 11.3. The molecule has 114 valence electrons. The van der Waals surface area contributed by atoms with E-state index in [1.807, 2.05) is 0 Å². The molecule has 2 aromatic heterocycles. The minimum absolute atomic E-state index is 0.151. The van der Waals surface area contributed by atoms with Crippen LogP contribution in [0.3, 0.4) is 0 Å². The second kappa shape index (κ2) is 4.52. The van der Waals surface area contributed by atoms with Gasteiger partial charge in [0, 0.05) is 6.07 Å². The fourth-order valence-corrected chi connectivity index (χ4v) is 2.50. The van der Waals surface area contributed by atoms with E-state index in [0.717, 1.165) is 0 Å². The lowest BCUT2D eigenvalue weighted by molar-refractivity contribution is -0.100. The predicted octanol–water partition coefficient (Wildman–Crippen LogP) is -0.585. The third kappa shape index (κ3) is 1.93. The summed E-state index contributed by atoms with van der Waals surface area (Å²) in [5.41, 5.74) is 10.9. The maximum absolute atomic E-state index is 14.3. The molecule has 9 heteroatoms. The Bertz CT molecular complexity index is 693. The van der Waals surface area contributed by atoms with Crippen LogP contribution in [0.4, 0.5) is 15.9 Å². The van der Waals surface area contributed by atoms with Crippen LogP contribution >= 0.6 is 0 Å². The van der Waals surface area contributed by atoms with Crippen molar-refractivity contribution in [3.63, 3.8) is 0 Å². The van der Waals surface area contributed by atoms with Crippen LogP contribution in [-0.4, -0.2) is 49.3 Å². The minimum atomic E-state index is -1.73.